The van der Waals surface area contributed by atoms with Gasteiger partial charge in [0.15, 0.2) is 5.82 Å². The van der Waals surface area contributed by atoms with Gasteiger partial charge in [-0.2, -0.15) is 0 Å². The van der Waals surface area contributed by atoms with Gasteiger partial charge in [0.2, 0.25) is 5.69 Å². The number of carbonyl (C=O) groups excluding carboxylic acids is 1. The summed E-state index contributed by atoms with van der Waals surface area (Å²) in [7, 11) is 1.27. The molecule has 21 heavy (non-hydrogen) atoms. The number of ether oxygens (including phenoxy) is 2. The van der Waals surface area contributed by atoms with Crippen molar-refractivity contribution in [1.82, 2.24) is 15.0 Å². The number of anilines is 1. The fraction of sp³-hybridized carbons (Fsp3) is 0.357. The maximum absolute atomic E-state index is 11.3. The molecular formula is C14H18N4O3. The van der Waals surface area contributed by atoms with Crippen LogP contribution in [0.2, 0.25) is 0 Å². The molecule has 0 bridgehead atoms. The number of hydrogen-bond acceptors (Lipinski definition) is 6. The summed E-state index contributed by atoms with van der Waals surface area (Å²) in [5.74, 6) is 0.439. The fourth-order valence-corrected chi connectivity index (χ4v) is 1.77. The van der Waals surface area contributed by atoms with E-state index in [1.165, 1.54) is 17.4 Å². The first-order valence-corrected chi connectivity index (χ1v) is 6.58. The summed E-state index contributed by atoms with van der Waals surface area (Å²) in [5, 5.41) is 7.53. The first-order valence-electron chi connectivity index (χ1n) is 6.58. The Morgan fingerprint density at radius 2 is 2.05 bits per heavy atom. The lowest BCUT2D eigenvalue weighted by Crippen LogP contribution is -2.10. The average molecular weight is 290 g/mol. The van der Waals surface area contributed by atoms with E-state index < -0.39 is 5.97 Å². The molecule has 1 aromatic heterocycles. The van der Waals surface area contributed by atoms with Gasteiger partial charge in [0, 0.05) is 13.0 Å². The second-order valence-electron chi connectivity index (χ2n) is 4.55. The Morgan fingerprint density at radius 1 is 1.33 bits per heavy atom. The van der Waals surface area contributed by atoms with E-state index in [9.17, 15) is 4.79 Å². The van der Waals surface area contributed by atoms with Crippen LogP contribution in [0.3, 0.4) is 0 Å². The number of esters is 1. The fourth-order valence-electron chi connectivity index (χ4n) is 1.77. The minimum absolute atomic E-state index is 0.0388. The number of methoxy groups -OCH3 is 1. The molecule has 2 rings (SSSR count). The van der Waals surface area contributed by atoms with Crippen LogP contribution in [0.1, 0.15) is 22.5 Å². The maximum atomic E-state index is 11.3. The van der Waals surface area contributed by atoms with Crippen LogP contribution in [0, 0.1) is 6.92 Å². The molecule has 0 fully saturated rings. The van der Waals surface area contributed by atoms with Crippen LogP contribution in [0.4, 0.5) is 5.82 Å². The zero-order valence-corrected chi connectivity index (χ0v) is 12.1. The number of aryl methyl sites for hydroxylation is 2. The molecule has 7 heteroatoms. The number of aromatic nitrogens is 3. The van der Waals surface area contributed by atoms with Gasteiger partial charge in [-0.3, -0.25) is 0 Å². The minimum Gasteiger partial charge on any atom is -0.494 e. The Hall–Kier alpha value is -2.57. The minimum atomic E-state index is -0.588. The highest BCUT2D eigenvalue weighted by Crippen LogP contribution is 2.12. The molecule has 0 aliphatic heterocycles. The highest BCUT2D eigenvalue weighted by atomic mass is 16.5. The molecule has 0 saturated heterocycles. The molecule has 0 atom stereocenters. The first-order chi connectivity index (χ1) is 10.1. The summed E-state index contributed by atoms with van der Waals surface area (Å²) in [4.78, 5) is 11.3. The van der Waals surface area contributed by atoms with Gasteiger partial charge in [-0.25, -0.2) is 9.48 Å². The molecule has 112 valence electrons. The molecule has 1 aromatic carbocycles. The van der Waals surface area contributed by atoms with Gasteiger partial charge >= 0.3 is 5.97 Å². The van der Waals surface area contributed by atoms with E-state index in [1.54, 1.807) is 0 Å². The van der Waals surface area contributed by atoms with E-state index in [4.69, 9.17) is 10.5 Å². The predicted octanol–water partition coefficient (Wildman–Crippen LogP) is 1.42. The van der Waals surface area contributed by atoms with E-state index in [-0.39, 0.29) is 11.5 Å². The Bertz CT molecular complexity index is 607. The smallest absolute Gasteiger partial charge is 0.362 e. The van der Waals surface area contributed by atoms with Gasteiger partial charge in [-0.05, 0) is 19.1 Å². The number of carbonyl (C=O) groups is 1. The van der Waals surface area contributed by atoms with Crippen LogP contribution in [0.15, 0.2) is 24.3 Å². The SMILES string of the molecule is COC(=O)c1nnn(CCCOc2ccc(C)cc2)c1N. The van der Waals surface area contributed by atoms with Crippen LogP contribution in [0.25, 0.3) is 0 Å². The number of nitrogen functional groups attached to an aromatic ring is 1. The largest absolute Gasteiger partial charge is 0.494 e. The lowest BCUT2D eigenvalue weighted by atomic mass is 10.2. The number of benzene rings is 1. The summed E-state index contributed by atoms with van der Waals surface area (Å²) >= 11 is 0. The number of rotatable bonds is 6. The summed E-state index contributed by atoms with van der Waals surface area (Å²) in [6.07, 6.45) is 0.696. The van der Waals surface area contributed by atoms with Crippen molar-refractivity contribution < 1.29 is 14.3 Å². The van der Waals surface area contributed by atoms with Crippen molar-refractivity contribution in [2.45, 2.75) is 19.9 Å². The van der Waals surface area contributed by atoms with Crippen LogP contribution in [-0.4, -0.2) is 34.7 Å². The van der Waals surface area contributed by atoms with E-state index in [1.807, 2.05) is 31.2 Å². The van der Waals surface area contributed by atoms with E-state index in [2.05, 4.69) is 15.0 Å². The third-order valence-corrected chi connectivity index (χ3v) is 2.96. The van der Waals surface area contributed by atoms with Gasteiger partial charge in [0.05, 0.1) is 13.7 Å². The highest BCUT2D eigenvalue weighted by Gasteiger charge is 2.17. The molecule has 0 aliphatic rings. The quantitative estimate of drug-likeness (QED) is 0.639. The first kappa shape index (κ1) is 14.8. The number of nitrogens with two attached hydrogens (primary N) is 1. The van der Waals surface area contributed by atoms with Crippen molar-refractivity contribution in [3.8, 4) is 5.75 Å². The summed E-state index contributed by atoms with van der Waals surface area (Å²) in [6, 6.07) is 7.84. The molecule has 7 nitrogen and oxygen atoms in total. The maximum Gasteiger partial charge on any atom is 0.362 e. The topological polar surface area (TPSA) is 92.3 Å². The van der Waals surface area contributed by atoms with E-state index in [0.717, 1.165) is 5.75 Å². The molecule has 0 saturated carbocycles. The normalized spacial score (nSPS) is 10.4. The lowest BCUT2D eigenvalue weighted by molar-refractivity contribution is 0.0595. The second-order valence-corrected chi connectivity index (χ2v) is 4.55. The molecule has 0 aliphatic carbocycles. The molecule has 2 aromatic rings. The highest BCUT2D eigenvalue weighted by molar-refractivity contribution is 5.91. The van der Waals surface area contributed by atoms with Crippen molar-refractivity contribution in [2.75, 3.05) is 19.5 Å². The monoisotopic (exact) mass is 290 g/mol. The standard InChI is InChI=1S/C14H18N4O3/c1-10-4-6-11(7-5-10)21-9-3-8-18-13(15)12(16-17-18)14(19)20-2/h4-7H,3,8-9,15H2,1-2H3. The molecule has 0 amide bonds. The van der Waals surface area contributed by atoms with Crippen LogP contribution in [-0.2, 0) is 11.3 Å². The lowest BCUT2D eigenvalue weighted by Gasteiger charge is -2.07. The van der Waals surface area contributed by atoms with Crippen molar-refractivity contribution in [1.29, 1.82) is 0 Å². The van der Waals surface area contributed by atoms with Crippen LogP contribution < -0.4 is 10.5 Å². The predicted molar refractivity (Wildman–Crippen MR) is 77.1 cm³/mol. The molecular weight excluding hydrogens is 272 g/mol. The number of hydrogen-bond donors (Lipinski definition) is 1. The molecule has 0 radical (unpaired) electrons. The van der Waals surface area contributed by atoms with Crippen molar-refractivity contribution >= 4 is 11.8 Å². The van der Waals surface area contributed by atoms with Gasteiger partial charge < -0.3 is 15.2 Å². The average Bonchev–Trinajstić information content (AvgIpc) is 2.86. The van der Waals surface area contributed by atoms with E-state index >= 15 is 0 Å². The van der Waals surface area contributed by atoms with Gasteiger partial charge in [-0.1, -0.05) is 22.9 Å². The summed E-state index contributed by atoms with van der Waals surface area (Å²) in [6.45, 7) is 3.06. The van der Waals surface area contributed by atoms with Gasteiger partial charge in [0.25, 0.3) is 0 Å². The zero-order chi connectivity index (χ0) is 15.2. The Balaban J connectivity index is 1.82. The molecule has 0 unspecified atom stereocenters. The Labute approximate surface area is 122 Å². The van der Waals surface area contributed by atoms with Crippen LogP contribution >= 0.6 is 0 Å². The van der Waals surface area contributed by atoms with Crippen molar-refractivity contribution in [3.63, 3.8) is 0 Å². The summed E-state index contributed by atoms with van der Waals surface area (Å²) in [5.41, 5.74) is 7.01. The second kappa shape index (κ2) is 6.74. The zero-order valence-electron chi connectivity index (χ0n) is 12.1. The van der Waals surface area contributed by atoms with Gasteiger partial charge in [0.1, 0.15) is 5.75 Å². The van der Waals surface area contributed by atoms with E-state index in [0.29, 0.717) is 19.6 Å². The van der Waals surface area contributed by atoms with Crippen molar-refractivity contribution in [2.24, 2.45) is 0 Å². The number of nitrogens with zero attached hydrogens (tertiary/aromatic N) is 3. The summed E-state index contributed by atoms with van der Waals surface area (Å²) < 4.78 is 11.6. The third kappa shape index (κ3) is 3.71. The molecule has 0 spiro atoms. The third-order valence-electron chi connectivity index (χ3n) is 2.96. The molecule has 2 N–H and O–H groups in total. The molecule has 1 heterocycles. The Morgan fingerprint density at radius 3 is 2.71 bits per heavy atom. The van der Waals surface area contributed by atoms with Crippen LogP contribution in [0.5, 0.6) is 5.75 Å². The van der Waals surface area contributed by atoms with Gasteiger partial charge in [-0.15, -0.1) is 5.10 Å². The Kier molecular flexibility index (Phi) is 4.76. The van der Waals surface area contributed by atoms with Crippen molar-refractivity contribution in [3.05, 3.63) is 35.5 Å².